The quantitative estimate of drug-likeness (QED) is 0.154. The second-order valence-electron chi connectivity index (χ2n) is 7.60. The lowest BCUT2D eigenvalue weighted by Crippen LogP contribution is -2.31. The highest BCUT2D eigenvalue weighted by molar-refractivity contribution is 7.86. The number of hydrogen-bond acceptors (Lipinski definition) is 8. The lowest BCUT2D eigenvalue weighted by atomic mass is 10.0. The molecule has 1 aromatic carbocycles. The number of fused-ring (bicyclic) bond motifs is 1. The van der Waals surface area contributed by atoms with Crippen molar-refractivity contribution in [2.24, 2.45) is 0 Å². The number of amides is 3. The molecule has 0 saturated carbocycles. The molecule has 0 bridgehead atoms. The maximum atomic E-state index is 12.4. The maximum absolute atomic E-state index is 12.4. The molecule has 0 saturated heterocycles. The molecule has 0 radical (unpaired) electrons. The van der Waals surface area contributed by atoms with E-state index in [0.717, 1.165) is 17.0 Å². The lowest BCUT2D eigenvalue weighted by molar-refractivity contribution is -0.136. The molecule has 33 heavy (non-hydrogen) atoms. The van der Waals surface area contributed by atoms with Crippen LogP contribution in [0.25, 0.3) is 11.0 Å². The normalized spacial score (nSPS) is 13.8. The molecule has 11 nitrogen and oxygen atoms in total. The summed E-state index contributed by atoms with van der Waals surface area (Å²) in [7, 11) is -4.59. The van der Waals surface area contributed by atoms with Crippen LogP contribution < -0.4 is 16.7 Å². The summed E-state index contributed by atoms with van der Waals surface area (Å²) in [6.45, 7) is 2.19. The van der Waals surface area contributed by atoms with E-state index in [0.29, 0.717) is 37.9 Å². The Bertz CT molecular complexity index is 1310. The summed E-state index contributed by atoms with van der Waals surface area (Å²) in [6.07, 6.45) is 4.06. The molecular formula is C21H23N3O8S. The monoisotopic (exact) mass is 477 g/mol. The predicted molar refractivity (Wildman–Crippen MR) is 118 cm³/mol. The summed E-state index contributed by atoms with van der Waals surface area (Å²) >= 11 is 0. The summed E-state index contributed by atoms with van der Waals surface area (Å²) in [5.41, 5.74) is 5.05. The topological polar surface area (TPSA) is 177 Å². The Kier molecular flexibility index (Phi) is 6.98. The molecule has 2 heterocycles. The molecule has 0 spiro atoms. The van der Waals surface area contributed by atoms with Gasteiger partial charge in [0.05, 0.1) is 17.7 Å². The molecule has 3 rings (SSSR count). The number of nitrogen functional groups attached to an aromatic ring is 1. The Hall–Kier alpha value is -3.51. The van der Waals surface area contributed by atoms with E-state index >= 15 is 0 Å². The molecule has 12 heteroatoms. The van der Waals surface area contributed by atoms with Crippen LogP contribution in [0.5, 0.6) is 0 Å². The van der Waals surface area contributed by atoms with Gasteiger partial charge in [-0.05, 0) is 37.8 Å². The van der Waals surface area contributed by atoms with Crippen LogP contribution in [0.1, 0.15) is 30.4 Å². The number of hydrogen-bond donors (Lipinski definition) is 3. The molecule has 0 atom stereocenters. The molecule has 0 unspecified atom stereocenters. The van der Waals surface area contributed by atoms with Gasteiger partial charge in [0.15, 0.2) is 0 Å². The zero-order valence-electron chi connectivity index (χ0n) is 17.8. The van der Waals surface area contributed by atoms with E-state index in [-0.39, 0.29) is 40.5 Å². The second-order valence-corrected chi connectivity index (χ2v) is 8.99. The van der Waals surface area contributed by atoms with Crippen LogP contribution in [0.3, 0.4) is 0 Å². The fourth-order valence-corrected chi connectivity index (χ4v) is 4.16. The van der Waals surface area contributed by atoms with Gasteiger partial charge in [-0.2, -0.15) is 8.42 Å². The Morgan fingerprint density at radius 3 is 2.42 bits per heavy atom. The van der Waals surface area contributed by atoms with Crippen LogP contribution in [-0.2, 0) is 30.9 Å². The molecule has 176 valence electrons. The minimum atomic E-state index is -4.59. The molecule has 0 fully saturated rings. The largest absolute Gasteiger partial charge is 0.422 e. The van der Waals surface area contributed by atoms with E-state index in [4.69, 9.17) is 10.2 Å². The molecule has 2 aromatic rings. The highest BCUT2D eigenvalue weighted by Crippen LogP contribution is 2.28. The number of nitrogens with two attached hydrogens (primary N) is 1. The fraction of sp³-hybridized carbons (Fsp3) is 0.333. The van der Waals surface area contributed by atoms with Crippen LogP contribution in [-0.4, -0.2) is 48.7 Å². The SMILES string of the molecule is Cc1c(CC(=O)NCCCCCN2C(=O)C=CC2=O)c(=O)oc2cc(N)c(S(=O)(=O)O)cc12. The third kappa shape index (κ3) is 5.46. The number of imide groups is 1. The first-order valence-electron chi connectivity index (χ1n) is 10.1. The van der Waals surface area contributed by atoms with Crippen LogP contribution >= 0.6 is 0 Å². The first-order chi connectivity index (χ1) is 15.5. The third-order valence-corrected chi connectivity index (χ3v) is 6.22. The van der Waals surface area contributed by atoms with Gasteiger partial charge in [-0.1, -0.05) is 0 Å². The third-order valence-electron chi connectivity index (χ3n) is 5.31. The summed E-state index contributed by atoms with van der Waals surface area (Å²) in [4.78, 5) is 48.2. The maximum Gasteiger partial charge on any atom is 0.340 e. The standard InChI is InChI=1S/C21H23N3O8S/c1-12-13-9-17(33(29,30)31)15(22)11-16(13)32-21(28)14(12)10-18(25)23-7-3-2-4-8-24-19(26)5-6-20(24)27/h5-6,9,11H,2-4,7-8,10,22H2,1H3,(H,23,25)(H,29,30,31). The number of carbonyl (C=O) groups is 3. The van der Waals surface area contributed by atoms with Gasteiger partial charge in [-0.3, -0.25) is 23.8 Å². The Balaban J connectivity index is 1.59. The van der Waals surface area contributed by atoms with Crippen molar-refractivity contribution in [3.8, 4) is 0 Å². The van der Waals surface area contributed by atoms with Crippen molar-refractivity contribution in [1.29, 1.82) is 0 Å². The van der Waals surface area contributed by atoms with Crippen LogP contribution in [0.2, 0.25) is 0 Å². The Morgan fingerprint density at radius 1 is 1.12 bits per heavy atom. The minimum absolute atomic E-state index is 0.0386. The summed E-state index contributed by atoms with van der Waals surface area (Å²) < 4.78 is 37.6. The van der Waals surface area contributed by atoms with Crippen molar-refractivity contribution in [3.63, 3.8) is 0 Å². The van der Waals surface area contributed by atoms with Crippen molar-refractivity contribution in [1.82, 2.24) is 10.2 Å². The zero-order valence-corrected chi connectivity index (χ0v) is 18.6. The Morgan fingerprint density at radius 2 is 1.79 bits per heavy atom. The molecule has 1 aliphatic rings. The summed E-state index contributed by atoms with van der Waals surface area (Å²) in [6, 6.07) is 2.24. The van der Waals surface area contributed by atoms with Crippen LogP contribution in [0.15, 0.2) is 38.4 Å². The fourth-order valence-electron chi connectivity index (χ4n) is 3.53. The second kappa shape index (κ2) is 9.55. The number of unbranched alkanes of at least 4 members (excludes halogenated alkanes) is 2. The number of carbonyl (C=O) groups excluding carboxylic acids is 3. The number of rotatable bonds is 9. The first kappa shape index (κ1) is 24.1. The van der Waals surface area contributed by atoms with Crippen molar-refractivity contribution < 1.29 is 31.8 Å². The van der Waals surface area contributed by atoms with Gasteiger partial charge in [0.1, 0.15) is 10.5 Å². The molecule has 0 aliphatic carbocycles. The van der Waals surface area contributed by atoms with Crippen molar-refractivity contribution >= 4 is 44.5 Å². The van der Waals surface area contributed by atoms with Crippen molar-refractivity contribution in [3.05, 3.63) is 45.8 Å². The van der Waals surface area contributed by atoms with Gasteiger partial charge in [0, 0.05) is 36.7 Å². The van der Waals surface area contributed by atoms with Crippen molar-refractivity contribution in [2.45, 2.75) is 37.5 Å². The van der Waals surface area contributed by atoms with Gasteiger partial charge in [-0.15, -0.1) is 0 Å². The number of nitrogens with one attached hydrogen (secondary N) is 1. The molecular weight excluding hydrogens is 454 g/mol. The van der Waals surface area contributed by atoms with Crippen LogP contribution in [0.4, 0.5) is 5.69 Å². The van der Waals surface area contributed by atoms with Gasteiger partial charge in [0.25, 0.3) is 21.9 Å². The Labute approximate surface area is 189 Å². The average Bonchev–Trinajstić information content (AvgIpc) is 3.04. The average molecular weight is 477 g/mol. The van der Waals surface area contributed by atoms with Crippen molar-refractivity contribution in [2.75, 3.05) is 18.8 Å². The summed E-state index contributed by atoms with van der Waals surface area (Å²) in [5, 5.41) is 2.93. The zero-order chi connectivity index (χ0) is 24.3. The van der Waals surface area contributed by atoms with Gasteiger partial charge >= 0.3 is 5.63 Å². The smallest absolute Gasteiger partial charge is 0.340 e. The highest BCUT2D eigenvalue weighted by Gasteiger charge is 2.22. The van der Waals surface area contributed by atoms with Gasteiger partial charge < -0.3 is 15.5 Å². The van der Waals surface area contributed by atoms with E-state index < -0.39 is 26.5 Å². The van der Waals surface area contributed by atoms with Crippen LogP contribution in [0, 0.1) is 6.92 Å². The number of anilines is 1. The predicted octanol–water partition coefficient (Wildman–Crippen LogP) is 0.684. The minimum Gasteiger partial charge on any atom is -0.422 e. The molecule has 1 aliphatic heterocycles. The molecule has 1 aromatic heterocycles. The van der Waals surface area contributed by atoms with Gasteiger partial charge in [0.2, 0.25) is 5.91 Å². The first-order valence-corrected chi connectivity index (χ1v) is 11.6. The van der Waals surface area contributed by atoms with E-state index in [9.17, 15) is 32.1 Å². The number of benzene rings is 1. The lowest BCUT2D eigenvalue weighted by Gasteiger charge is -2.13. The molecule has 4 N–H and O–H groups in total. The van der Waals surface area contributed by atoms with E-state index in [1.54, 1.807) is 6.92 Å². The highest BCUT2D eigenvalue weighted by atomic mass is 32.2. The van der Waals surface area contributed by atoms with E-state index in [2.05, 4.69) is 5.32 Å². The van der Waals surface area contributed by atoms with E-state index in [1.807, 2.05) is 0 Å². The molecule has 3 amide bonds. The summed E-state index contributed by atoms with van der Waals surface area (Å²) in [5.74, 6) is -1.09. The number of aryl methyl sites for hydroxylation is 1. The van der Waals surface area contributed by atoms with Gasteiger partial charge in [-0.25, -0.2) is 4.79 Å². The number of nitrogens with zero attached hydrogens (tertiary/aromatic N) is 1. The van der Waals surface area contributed by atoms with E-state index in [1.165, 1.54) is 12.2 Å².